The van der Waals surface area contributed by atoms with Gasteiger partial charge in [-0.15, -0.1) is 0 Å². The number of hydrogen-bond acceptors (Lipinski definition) is 4. The monoisotopic (exact) mass is 292 g/mol. The van der Waals surface area contributed by atoms with E-state index in [2.05, 4.69) is 5.32 Å². The Bertz CT molecular complexity index is 445. The van der Waals surface area contributed by atoms with Gasteiger partial charge in [0.1, 0.15) is 12.4 Å². The number of nitrogens with one attached hydrogen (secondary N) is 1. The molecular weight excluding hydrogens is 268 g/mol. The van der Waals surface area contributed by atoms with Crippen LogP contribution in [0.4, 0.5) is 0 Å². The normalized spacial score (nSPS) is 18.2. The molecule has 1 fully saturated rings. The van der Waals surface area contributed by atoms with E-state index in [1.165, 1.54) is 6.42 Å². The third kappa shape index (κ3) is 5.36. The number of nitrogens with two attached hydrogens (primary N) is 1. The molecule has 1 amide bonds. The lowest BCUT2D eigenvalue weighted by molar-refractivity contribution is 0.0514. The summed E-state index contributed by atoms with van der Waals surface area (Å²) in [6, 6.07) is 7.17. The molecule has 0 bridgehead atoms. The first kappa shape index (κ1) is 15.8. The highest BCUT2D eigenvalue weighted by atomic mass is 16.5. The minimum Gasteiger partial charge on any atom is -0.492 e. The van der Waals surface area contributed by atoms with E-state index in [-0.39, 0.29) is 5.91 Å². The lowest BCUT2D eigenvalue weighted by Gasteiger charge is -2.21. The van der Waals surface area contributed by atoms with Crippen LogP contribution in [0.3, 0.4) is 0 Å². The van der Waals surface area contributed by atoms with E-state index >= 15 is 0 Å². The summed E-state index contributed by atoms with van der Waals surface area (Å²) in [5.74, 6) is 1.18. The third-order valence-electron chi connectivity index (χ3n) is 3.58. The van der Waals surface area contributed by atoms with Crippen molar-refractivity contribution in [2.24, 2.45) is 11.7 Å². The summed E-state index contributed by atoms with van der Waals surface area (Å²) in [4.78, 5) is 12.1. The Labute approximate surface area is 125 Å². The fourth-order valence-electron chi connectivity index (χ4n) is 2.43. The van der Waals surface area contributed by atoms with Gasteiger partial charge in [0, 0.05) is 31.9 Å². The molecule has 1 aromatic carbocycles. The Morgan fingerprint density at radius 1 is 1.48 bits per heavy atom. The zero-order valence-corrected chi connectivity index (χ0v) is 12.3. The van der Waals surface area contributed by atoms with Gasteiger partial charge in [0.05, 0.1) is 0 Å². The van der Waals surface area contributed by atoms with Crippen molar-refractivity contribution in [3.8, 4) is 5.75 Å². The molecule has 0 aliphatic carbocycles. The van der Waals surface area contributed by atoms with Crippen LogP contribution in [-0.2, 0) is 4.74 Å². The number of rotatable bonds is 7. The second kappa shape index (κ2) is 8.64. The molecule has 0 radical (unpaired) electrons. The lowest BCUT2D eigenvalue weighted by Crippen LogP contribution is -2.28. The van der Waals surface area contributed by atoms with Crippen LogP contribution >= 0.6 is 0 Å². The second-order valence-electron chi connectivity index (χ2n) is 5.29. The quantitative estimate of drug-likeness (QED) is 0.800. The van der Waals surface area contributed by atoms with Crippen molar-refractivity contribution in [3.05, 3.63) is 29.8 Å². The zero-order chi connectivity index (χ0) is 14.9. The van der Waals surface area contributed by atoms with E-state index in [9.17, 15) is 4.79 Å². The van der Waals surface area contributed by atoms with Gasteiger partial charge in [-0.2, -0.15) is 0 Å². The largest absolute Gasteiger partial charge is 0.492 e. The SMILES string of the molecule is NCCOc1cccc(C(=O)NCC[C@H]2CCCOC2)c1. The van der Waals surface area contributed by atoms with E-state index in [0.29, 0.717) is 36.9 Å². The second-order valence-corrected chi connectivity index (χ2v) is 5.29. The van der Waals surface area contributed by atoms with Crippen LogP contribution in [0.25, 0.3) is 0 Å². The maximum absolute atomic E-state index is 12.1. The molecule has 0 spiro atoms. The summed E-state index contributed by atoms with van der Waals surface area (Å²) in [6.07, 6.45) is 3.28. The van der Waals surface area contributed by atoms with Crippen LogP contribution in [0.15, 0.2) is 24.3 Å². The molecule has 0 aromatic heterocycles. The summed E-state index contributed by atoms with van der Waals surface area (Å²) >= 11 is 0. The number of carbonyl (C=O) groups excluding carboxylic acids is 1. The van der Waals surface area contributed by atoms with Gasteiger partial charge < -0.3 is 20.5 Å². The highest BCUT2D eigenvalue weighted by Crippen LogP contribution is 2.17. The minimum absolute atomic E-state index is 0.0649. The van der Waals surface area contributed by atoms with Crippen molar-refractivity contribution in [2.75, 3.05) is 32.9 Å². The molecule has 1 aliphatic heterocycles. The molecule has 0 unspecified atom stereocenters. The van der Waals surface area contributed by atoms with Crippen LogP contribution in [0.5, 0.6) is 5.75 Å². The van der Waals surface area contributed by atoms with E-state index in [0.717, 1.165) is 26.1 Å². The number of carbonyl (C=O) groups is 1. The van der Waals surface area contributed by atoms with Crippen LogP contribution in [0.2, 0.25) is 0 Å². The number of benzene rings is 1. The Kier molecular flexibility index (Phi) is 6.50. The maximum atomic E-state index is 12.1. The van der Waals surface area contributed by atoms with E-state index in [1.54, 1.807) is 12.1 Å². The van der Waals surface area contributed by atoms with Crippen molar-refractivity contribution < 1.29 is 14.3 Å². The molecule has 116 valence electrons. The first-order chi connectivity index (χ1) is 10.3. The van der Waals surface area contributed by atoms with Crippen LogP contribution in [0.1, 0.15) is 29.6 Å². The van der Waals surface area contributed by atoms with Crippen molar-refractivity contribution in [1.29, 1.82) is 0 Å². The highest BCUT2D eigenvalue weighted by molar-refractivity contribution is 5.94. The molecule has 1 saturated heterocycles. The lowest BCUT2D eigenvalue weighted by atomic mass is 9.99. The molecule has 21 heavy (non-hydrogen) atoms. The molecule has 1 heterocycles. The van der Waals surface area contributed by atoms with Crippen molar-refractivity contribution in [2.45, 2.75) is 19.3 Å². The third-order valence-corrected chi connectivity index (χ3v) is 3.58. The topological polar surface area (TPSA) is 73.6 Å². The van der Waals surface area contributed by atoms with Gasteiger partial charge in [-0.3, -0.25) is 4.79 Å². The van der Waals surface area contributed by atoms with Gasteiger partial charge in [0.25, 0.3) is 5.91 Å². The number of amides is 1. The van der Waals surface area contributed by atoms with Crippen molar-refractivity contribution in [1.82, 2.24) is 5.32 Å². The van der Waals surface area contributed by atoms with E-state index in [4.69, 9.17) is 15.2 Å². The van der Waals surface area contributed by atoms with Gasteiger partial charge in [0.2, 0.25) is 0 Å². The first-order valence-corrected chi connectivity index (χ1v) is 7.58. The molecular formula is C16H24N2O3. The first-order valence-electron chi connectivity index (χ1n) is 7.58. The molecule has 1 atom stereocenters. The summed E-state index contributed by atoms with van der Waals surface area (Å²) in [7, 11) is 0. The minimum atomic E-state index is -0.0649. The fraction of sp³-hybridized carbons (Fsp3) is 0.562. The van der Waals surface area contributed by atoms with Gasteiger partial charge in [-0.05, 0) is 43.4 Å². The Morgan fingerprint density at radius 2 is 2.38 bits per heavy atom. The molecule has 1 aromatic rings. The van der Waals surface area contributed by atoms with Gasteiger partial charge in [0.15, 0.2) is 0 Å². The zero-order valence-electron chi connectivity index (χ0n) is 12.3. The van der Waals surface area contributed by atoms with Gasteiger partial charge >= 0.3 is 0 Å². The van der Waals surface area contributed by atoms with Crippen LogP contribution in [-0.4, -0.2) is 38.8 Å². The molecule has 0 saturated carbocycles. The number of hydrogen-bond donors (Lipinski definition) is 2. The fourth-order valence-corrected chi connectivity index (χ4v) is 2.43. The van der Waals surface area contributed by atoms with Crippen LogP contribution < -0.4 is 15.8 Å². The predicted molar refractivity (Wildman–Crippen MR) is 81.5 cm³/mol. The molecule has 5 nitrogen and oxygen atoms in total. The molecule has 5 heteroatoms. The number of ether oxygens (including phenoxy) is 2. The Balaban J connectivity index is 1.76. The highest BCUT2D eigenvalue weighted by Gasteiger charge is 2.14. The van der Waals surface area contributed by atoms with Crippen molar-refractivity contribution >= 4 is 5.91 Å². The summed E-state index contributed by atoms with van der Waals surface area (Å²) in [5, 5.41) is 2.95. The molecule has 3 N–H and O–H groups in total. The summed E-state index contributed by atoms with van der Waals surface area (Å²) < 4.78 is 10.9. The standard InChI is InChI=1S/C16H24N2O3/c17-7-10-21-15-5-1-4-14(11-15)16(19)18-8-6-13-3-2-9-20-12-13/h1,4-5,11,13H,2-3,6-10,12,17H2,(H,18,19)/t13-/m1/s1. The molecule has 2 rings (SSSR count). The van der Waals surface area contributed by atoms with Gasteiger partial charge in [-0.25, -0.2) is 0 Å². The molecule has 1 aliphatic rings. The average molecular weight is 292 g/mol. The van der Waals surface area contributed by atoms with Crippen LogP contribution in [0, 0.1) is 5.92 Å². The Hall–Kier alpha value is -1.59. The summed E-state index contributed by atoms with van der Waals surface area (Å²) in [6.45, 7) is 3.28. The van der Waals surface area contributed by atoms with Crippen molar-refractivity contribution in [3.63, 3.8) is 0 Å². The average Bonchev–Trinajstić information content (AvgIpc) is 2.54. The maximum Gasteiger partial charge on any atom is 0.251 e. The van der Waals surface area contributed by atoms with E-state index in [1.807, 2.05) is 12.1 Å². The predicted octanol–water partition coefficient (Wildman–Crippen LogP) is 1.57. The Morgan fingerprint density at radius 3 is 3.14 bits per heavy atom. The smallest absolute Gasteiger partial charge is 0.251 e. The summed E-state index contributed by atoms with van der Waals surface area (Å²) in [5.41, 5.74) is 6.01. The van der Waals surface area contributed by atoms with Gasteiger partial charge in [-0.1, -0.05) is 6.07 Å². The van der Waals surface area contributed by atoms with E-state index < -0.39 is 0 Å².